The molecule has 0 atom stereocenters. The molecule has 1 N–H and O–H groups in total. The van der Waals surface area contributed by atoms with E-state index in [1.54, 1.807) is 20.3 Å². The van der Waals surface area contributed by atoms with Crippen LogP contribution in [0.2, 0.25) is 0 Å². The van der Waals surface area contributed by atoms with Gasteiger partial charge >= 0.3 is 0 Å². The van der Waals surface area contributed by atoms with E-state index < -0.39 is 0 Å². The Labute approximate surface area is 143 Å². The average Bonchev–Trinajstić information content (AvgIpc) is 2.61. The van der Waals surface area contributed by atoms with E-state index in [0.717, 1.165) is 17.7 Å². The molecule has 0 saturated carbocycles. The molecule has 1 amide bonds. The van der Waals surface area contributed by atoms with Gasteiger partial charge in [-0.05, 0) is 36.6 Å². The van der Waals surface area contributed by atoms with Gasteiger partial charge in [0.1, 0.15) is 11.5 Å². The molecule has 24 heavy (non-hydrogen) atoms. The van der Waals surface area contributed by atoms with Crippen LogP contribution in [0.25, 0.3) is 0 Å². The van der Waals surface area contributed by atoms with Gasteiger partial charge in [0.15, 0.2) is 0 Å². The van der Waals surface area contributed by atoms with E-state index in [0.29, 0.717) is 11.5 Å². The average molecular weight is 327 g/mol. The standard InChI is InChI=1S/C20H25NO3/c1-4-5-6-15-7-10-17(11-8-15)21-20(22)13-16-9-12-18(23-2)14-19(16)24-3/h7-12,14H,4-6,13H2,1-3H3,(H,21,22). The van der Waals surface area contributed by atoms with Crippen LogP contribution < -0.4 is 14.8 Å². The minimum Gasteiger partial charge on any atom is -0.497 e. The Balaban J connectivity index is 1.98. The summed E-state index contributed by atoms with van der Waals surface area (Å²) in [7, 11) is 3.19. The van der Waals surface area contributed by atoms with Crippen LogP contribution in [-0.4, -0.2) is 20.1 Å². The number of nitrogens with one attached hydrogen (secondary N) is 1. The summed E-state index contributed by atoms with van der Waals surface area (Å²) in [5.41, 5.74) is 2.94. The van der Waals surface area contributed by atoms with Crippen molar-refractivity contribution in [2.75, 3.05) is 19.5 Å². The number of carbonyl (C=O) groups excluding carboxylic acids is 1. The number of benzene rings is 2. The number of hydrogen-bond donors (Lipinski definition) is 1. The number of amides is 1. The van der Waals surface area contributed by atoms with Gasteiger partial charge in [-0.1, -0.05) is 31.5 Å². The number of hydrogen-bond acceptors (Lipinski definition) is 3. The summed E-state index contributed by atoms with van der Waals surface area (Å²) in [6, 6.07) is 13.5. The number of rotatable bonds is 8. The first kappa shape index (κ1) is 17.9. The number of methoxy groups -OCH3 is 2. The van der Waals surface area contributed by atoms with Crippen LogP contribution in [0.5, 0.6) is 11.5 Å². The molecule has 2 rings (SSSR count). The van der Waals surface area contributed by atoms with Crippen molar-refractivity contribution in [1.29, 1.82) is 0 Å². The molecule has 0 saturated heterocycles. The molecule has 0 aliphatic heterocycles. The Hall–Kier alpha value is -2.49. The van der Waals surface area contributed by atoms with E-state index in [-0.39, 0.29) is 12.3 Å². The zero-order chi connectivity index (χ0) is 17.4. The van der Waals surface area contributed by atoms with Gasteiger partial charge in [-0.25, -0.2) is 0 Å². The van der Waals surface area contributed by atoms with Crippen LogP contribution in [0.3, 0.4) is 0 Å². The van der Waals surface area contributed by atoms with Crippen molar-refractivity contribution in [2.24, 2.45) is 0 Å². The second-order valence-corrected chi connectivity index (χ2v) is 5.70. The molecule has 0 unspecified atom stereocenters. The highest BCUT2D eigenvalue weighted by molar-refractivity contribution is 5.92. The van der Waals surface area contributed by atoms with Crippen LogP contribution in [-0.2, 0) is 17.6 Å². The molecule has 0 aliphatic carbocycles. The number of aryl methyl sites for hydroxylation is 1. The van der Waals surface area contributed by atoms with Gasteiger partial charge in [0.25, 0.3) is 0 Å². The van der Waals surface area contributed by atoms with Crippen molar-refractivity contribution >= 4 is 11.6 Å². The summed E-state index contributed by atoms with van der Waals surface area (Å²) in [5.74, 6) is 1.29. The van der Waals surface area contributed by atoms with Gasteiger partial charge in [-0.15, -0.1) is 0 Å². The van der Waals surface area contributed by atoms with Crippen molar-refractivity contribution in [3.05, 3.63) is 53.6 Å². The predicted molar refractivity (Wildman–Crippen MR) is 96.9 cm³/mol. The van der Waals surface area contributed by atoms with Gasteiger partial charge in [-0.2, -0.15) is 0 Å². The Morgan fingerprint density at radius 3 is 2.42 bits per heavy atom. The molecule has 0 radical (unpaired) electrons. The second-order valence-electron chi connectivity index (χ2n) is 5.70. The van der Waals surface area contributed by atoms with Gasteiger partial charge in [0, 0.05) is 17.3 Å². The quantitative estimate of drug-likeness (QED) is 0.789. The fourth-order valence-electron chi connectivity index (χ4n) is 2.51. The van der Waals surface area contributed by atoms with Gasteiger partial charge in [0.2, 0.25) is 5.91 Å². The molecule has 0 spiro atoms. The Bertz CT molecular complexity index is 665. The highest BCUT2D eigenvalue weighted by atomic mass is 16.5. The molecule has 0 aliphatic rings. The lowest BCUT2D eigenvalue weighted by Crippen LogP contribution is -2.15. The minimum absolute atomic E-state index is 0.0697. The summed E-state index contributed by atoms with van der Waals surface area (Å²) in [4.78, 5) is 12.3. The monoisotopic (exact) mass is 327 g/mol. The third kappa shape index (κ3) is 5.01. The first-order chi connectivity index (χ1) is 11.7. The lowest BCUT2D eigenvalue weighted by Gasteiger charge is -2.11. The molecule has 0 bridgehead atoms. The van der Waals surface area contributed by atoms with Crippen molar-refractivity contribution in [2.45, 2.75) is 32.6 Å². The highest BCUT2D eigenvalue weighted by Gasteiger charge is 2.10. The summed E-state index contributed by atoms with van der Waals surface area (Å²) in [6.07, 6.45) is 3.70. The van der Waals surface area contributed by atoms with Crippen molar-refractivity contribution < 1.29 is 14.3 Å². The summed E-state index contributed by atoms with van der Waals surface area (Å²) in [5, 5.41) is 2.93. The van der Waals surface area contributed by atoms with Crippen LogP contribution in [0.15, 0.2) is 42.5 Å². The highest BCUT2D eigenvalue weighted by Crippen LogP contribution is 2.25. The maximum atomic E-state index is 12.3. The molecular formula is C20H25NO3. The molecular weight excluding hydrogens is 302 g/mol. The van der Waals surface area contributed by atoms with Gasteiger partial charge in [-0.3, -0.25) is 4.79 Å². The Morgan fingerprint density at radius 2 is 1.79 bits per heavy atom. The minimum atomic E-state index is -0.0697. The molecule has 2 aromatic carbocycles. The van der Waals surface area contributed by atoms with Gasteiger partial charge in [0.05, 0.1) is 20.6 Å². The fraction of sp³-hybridized carbons (Fsp3) is 0.350. The third-order valence-electron chi connectivity index (χ3n) is 3.90. The lowest BCUT2D eigenvalue weighted by molar-refractivity contribution is -0.115. The number of carbonyl (C=O) groups is 1. The van der Waals surface area contributed by atoms with Crippen LogP contribution in [0.4, 0.5) is 5.69 Å². The lowest BCUT2D eigenvalue weighted by atomic mass is 10.1. The topological polar surface area (TPSA) is 47.6 Å². The SMILES string of the molecule is CCCCc1ccc(NC(=O)Cc2ccc(OC)cc2OC)cc1. The largest absolute Gasteiger partial charge is 0.497 e. The first-order valence-electron chi connectivity index (χ1n) is 8.26. The molecule has 128 valence electrons. The summed E-state index contributed by atoms with van der Waals surface area (Å²) >= 11 is 0. The van der Waals surface area contributed by atoms with Crippen LogP contribution >= 0.6 is 0 Å². The summed E-state index contributed by atoms with van der Waals surface area (Å²) < 4.78 is 10.5. The molecule has 0 heterocycles. The van der Waals surface area contributed by atoms with E-state index >= 15 is 0 Å². The van der Waals surface area contributed by atoms with E-state index in [4.69, 9.17) is 9.47 Å². The second kappa shape index (κ2) is 8.96. The van der Waals surface area contributed by atoms with E-state index in [1.165, 1.54) is 18.4 Å². The van der Waals surface area contributed by atoms with E-state index in [2.05, 4.69) is 24.4 Å². The number of unbranched alkanes of at least 4 members (excludes halogenated alkanes) is 1. The molecule has 2 aromatic rings. The molecule has 0 aromatic heterocycles. The van der Waals surface area contributed by atoms with E-state index in [1.807, 2.05) is 24.3 Å². The van der Waals surface area contributed by atoms with Crippen LogP contribution in [0, 0.1) is 0 Å². The van der Waals surface area contributed by atoms with Crippen molar-refractivity contribution in [3.63, 3.8) is 0 Å². The predicted octanol–water partition coefficient (Wildman–Crippen LogP) is 4.23. The smallest absolute Gasteiger partial charge is 0.228 e. The molecule has 4 nitrogen and oxygen atoms in total. The Morgan fingerprint density at radius 1 is 1.04 bits per heavy atom. The zero-order valence-corrected chi connectivity index (χ0v) is 14.6. The fourth-order valence-corrected chi connectivity index (χ4v) is 2.51. The Kier molecular flexibility index (Phi) is 6.67. The normalized spacial score (nSPS) is 10.3. The number of anilines is 1. The van der Waals surface area contributed by atoms with Crippen molar-refractivity contribution in [1.82, 2.24) is 0 Å². The van der Waals surface area contributed by atoms with Gasteiger partial charge < -0.3 is 14.8 Å². The maximum Gasteiger partial charge on any atom is 0.228 e. The molecule has 0 fully saturated rings. The summed E-state index contributed by atoms with van der Waals surface area (Å²) in [6.45, 7) is 2.18. The third-order valence-corrected chi connectivity index (χ3v) is 3.90. The zero-order valence-electron chi connectivity index (χ0n) is 14.6. The van der Waals surface area contributed by atoms with Crippen LogP contribution in [0.1, 0.15) is 30.9 Å². The first-order valence-corrected chi connectivity index (χ1v) is 8.26. The maximum absolute atomic E-state index is 12.3. The molecule has 4 heteroatoms. The number of ether oxygens (including phenoxy) is 2. The van der Waals surface area contributed by atoms with Crippen molar-refractivity contribution in [3.8, 4) is 11.5 Å². The van der Waals surface area contributed by atoms with E-state index in [9.17, 15) is 4.79 Å².